The molecule has 0 aromatic carbocycles. The molecule has 2 heteroatoms. The molecule has 2 nitrogen and oxygen atoms in total. The Morgan fingerprint density at radius 3 is 2.67 bits per heavy atom. The van der Waals surface area contributed by atoms with Crippen molar-refractivity contribution in [3.05, 3.63) is 6.42 Å². The Kier molecular flexibility index (Phi) is 1.08. The summed E-state index contributed by atoms with van der Waals surface area (Å²) in [5.74, 6) is 0. The third kappa shape index (κ3) is 0.533. The van der Waals surface area contributed by atoms with E-state index in [0.29, 0.717) is 6.61 Å². The van der Waals surface area contributed by atoms with Gasteiger partial charge in [-0.15, -0.1) is 0 Å². The molecule has 0 saturated carbocycles. The summed E-state index contributed by atoms with van der Waals surface area (Å²) in [6.07, 6.45) is 1.98. The topological polar surface area (TPSA) is 29.5 Å². The summed E-state index contributed by atoms with van der Waals surface area (Å²) in [5.41, 5.74) is 0. The molecule has 1 aliphatic heterocycles. The molecular weight excluding hydrogens is 80.0 g/mol. The summed E-state index contributed by atoms with van der Waals surface area (Å²) in [5, 5.41) is 8.23. The van der Waals surface area contributed by atoms with Crippen molar-refractivity contribution >= 4 is 0 Å². The van der Waals surface area contributed by atoms with E-state index in [1.807, 2.05) is 6.42 Å². The first-order valence-electron chi connectivity index (χ1n) is 1.99. The molecule has 0 bridgehead atoms. The van der Waals surface area contributed by atoms with Crippen molar-refractivity contribution in [2.24, 2.45) is 0 Å². The minimum Gasteiger partial charge on any atom is -0.394 e. The van der Waals surface area contributed by atoms with Gasteiger partial charge in [0.2, 0.25) is 0 Å². The Morgan fingerprint density at radius 1 is 2.00 bits per heavy atom. The molecule has 1 atom stereocenters. The highest BCUT2D eigenvalue weighted by Gasteiger charge is 2.15. The maximum atomic E-state index is 8.23. The summed E-state index contributed by atoms with van der Waals surface area (Å²) in [7, 11) is 0. The van der Waals surface area contributed by atoms with Crippen LogP contribution in [0.2, 0.25) is 0 Å². The Balaban J connectivity index is 2.01. The van der Waals surface area contributed by atoms with Gasteiger partial charge in [-0.1, -0.05) is 0 Å². The van der Waals surface area contributed by atoms with Crippen molar-refractivity contribution in [3.63, 3.8) is 0 Å². The van der Waals surface area contributed by atoms with Crippen LogP contribution >= 0.6 is 0 Å². The van der Waals surface area contributed by atoms with Crippen LogP contribution in [0.3, 0.4) is 0 Å². The molecule has 1 heterocycles. The highest BCUT2D eigenvalue weighted by molar-refractivity contribution is 4.84. The minimum atomic E-state index is 0.0463. The molecule has 1 unspecified atom stereocenters. The zero-order valence-electron chi connectivity index (χ0n) is 3.42. The monoisotopic (exact) mass is 87.0 g/mol. The first kappa shape index (κ1) is 4.09. The van der Waals surface area contributed by atoms with Crippen LogP contribution in [0.25, 0.3) is 0 Å². The van der Waals surface area contributed by atoms with Gasteiger partial charge in [0.15, 0.2) is 0 Å². The molecule has 1 fully saturated rings. The molecule has 6 heavy (non-hydrogen) atoms. The molecule has 0 aromatic heterocycles. The van der Waals surface area contributed by atoms with Gasteiger partial charge >= 0.3 is 0 Å². The number of hydrogen-bond acceptors (Lipinski definition) is 2. The van der Waals surface area contributed by atoms with E-state index in [9.17, 15) is 0 Å². The Morgan fingerprint density at radius 2 is 2.67 bits per heavy atom. The van der Waals surface area contributed by atoms with Crippen LogP contribution in [-0.4, -0.2) is 24.4 Å². The highest BCUT2D eigenvalue weighted by atomic mass is 16.5. The van der Waals surface area contributed by atoms with E-state index in [4.69, 9.17) is 9.84 Å². The van der Waals surface area contributed by atoms with Gasteiger partial charge < -0.3 is 9.84 Å². The summed E-state index contributed by atoms with van der Waals surface area (Å²) >= 11 is 0. The van der Waals surface area contributed by atoms with Crippen molar-refractivity contribution in [1.29, 1.82) is 0 Å². The first-order valence-corrected chi connectivity index (χ1v) is 1.99. The first-order chi connectivity index (χ1) is 2.93. The molecule has 1 rings (SSSR count). The van der Waals surface area contributed by atoms with Gasteiger partial charge in [0.05, 0.1) is 19.3 Å². The Bertz CT molecular complexity index is 38.1. The second kappa shape index (κ2) is 1.58. The van der Waals surface area contributed by atoms with Crippen LogP contribution in [-0.2, 0) is 4.74 Å². The zero-order chi connectivity index (χ0) is 4.41. The summed E-state index contributed by atoms with van der Waals surface area (Å²) in [4.78, 5) is 0. The molecule has 0 amide bonds. The standard InChI is InChI=1S/C4H7O2/c5-3-4-1-2-6-4/h1,4-5H,2-3H2. The molecule has 1 saturated heterocycles. The second-order valence-electron chi connectivity index (χ2n) is 1.29. The number of hydrogen-bond donors (Lipinski definition) is 1. The molecule has 0 aliphatic carbocycles. The fourth-order valence-corrected chi connectivity index (χ4v) is 0.360. The summed E-state index contributed by atoms with van der Waals surface area (Å²) < 4.78 is 4.77. The van der Waals surface area contributed by atoms with Crippen LogP contribution in [0.5, 0.6) is 0 Å². The van der Waals surface area contributed by atoms with Crippen LogP contribution in [0, 0.1) is 6.42 Å². The van der Waals surface area contributed by atoms with E-state index in [0.717, 1.165) is 0 Å². The van der Waals surface area contributed by atoms with Gasteiger partial charge in [0, 0.05) is 6.42 Å². The summed E-state index contributed by atoms with van der Waals surface area (Å²) in [6, 6.07) is 0. The largest absolute Gasteiger partial charge is 0.394 e. The van der Waals surface area contributed by atoms with E-state index in [1.54, 1.807) is 0 Å². The number of aliphatic hydroxyl groups is 1. The maximum Gasteiger partial charge on any atom is 0.0860 e. The lowest BCUT2D eigenvalue weighted by molar-refractivity contribution is -0.0247. The van der Waals surface area contributed by atoms with Crippen LogP contribution in [0.15, 0.2) is 0 Å². The molecule has 1 radical (unpaired) electrons. The van der Waals surface area contributed by atoms with Gasteiger partial charge in [-0.05, 0) is 0 Å². The number of aliphatic hydroxyl groups excluding tert-OH is 1. The van der Waals surface area contributed by atoms with Crippen LogP contribution in [0.1, 0.15) is 0 Å². The van der Waals surface area contributed by atoms with Crippen molar-refractivity contribution < 1.29 is 9.84 Å². The van der Waals surface area contributed by atoms with Crippen molar-refractivity contribution in [1.82, 2.24) is 0 Å². The lowest BCUT2D eigenvalue weighted by Gasteiger charge is -2.22. The number of rotatable bonds is 1. The van der Waals surface area contributed by atoms with Crippen molar-refractivity contribution in [2.75, 3.05) is 13.2 Å². The molecule has 0 aromatic rings. The molecule has 1 N–H and O–H groups in total. The Labute approximate surface area is 36.7 Å². The quantitative estimate of drug-likeness (QED) is 0.470. The third-order valence-corrected chi connectivity index (χ3v) is 0.849. The van der Waals surface area contributed by atoms with Gasteiger partial charge in [0.25, 0.3) is 0 Å². The molecule has 1 aliphatic rings. The fraction of sp³-hybridized carbons (Fsp3) is 0.750. The lowest BCUT2D eigenvalue weighted by atomic mass is 10.2. The fourth-order valence-electron chi connectivity index (χ4n) is 0.360. The molecule has 0 spiro atoms. The highest BCUT2D eigenvalue weighted by Crippen LogP contribution is 2.06. The van der Waals surface area contributed by atoms with Crippen LogP contribution < -0.4 is 0 Å². The Hall–Kier alpha value is -0.0800. The van der Waals surface area contributed by atoms with Gasteiger partial charge in [-0.3, -0.25) is 0 Å². The third-order valence-electron chi connectivity index (χ3n) is 0.849. The van der Waals surface area contributed by atoms with Gasteiger partial charge in [-0.25, -0.2) is 0 Å². The van der Waals surface area contributed by atoms with Crippen molar-refractivity contribution in [2.45, 2.75) is 6.10 Å². The smallest absolute Gasteiger partial charge is 0.0860 e. The van der Waals surface area contributed by atoms with E-state index in [2.05, 4.69) is 0 Å². The normalized spacial score (nSPS) is 32.5. The second-order valence-corrected chi connectivity index (χ2v) is 1.29. The predicted molar refractivity (Wildman–Crippen MR) is 21.1 cm³/mol. The zero-order valence-corrected chi connectivity index (χ0v) is 3.42. The molecular formula is C4H7O2. The summed E-state index contributed by atoms with van der Waals surface area (Å²) in [6.45, 7) is 0.852. The SMILES string of the molecule is OCC1[CH]CO1. The minimum absolute atomic E-state index is 0.0463. The van der Waals surface area contributed by atoms with Crippen LogP contribution in [0.4, 0.5) is 0 Å². The molecule has 35 valence electrons. The maximum absolute atomic E-state index is 8.23. The predicted octanol–water partition coefficient (Wildman–Crippen LogP) is -0.418. The van der Waals surface area contributed by atoms with E-state index in [1.165, 1.54) is 0 Å². The average molecular weight is 87.1 g/mol. The lowest BCUT2D eigenvalue weighted by Crippen LogP contribution is -2.30. The number of ether oxygens (including phenoxy) is 1. The van der Waals surface area contributed by atoms with E-state index in [-0.39, 0.29) is 12.7 Å². The average Bonchev–Trinajstić information content (AvgIpc) is 1.31. The van der Waals surface area contributed by atoms with Gasteiger partial charge in [-0.2, -0.15) is 0 Å². The van der Waals surface area contributed by atoms with Gasteiger partial charge in [0.1, 0.15) is 0 Å². The van der Waals surface area contributed by atoms with Crippen molar-refractivity contribution in [3.8, 4) is 0 Å². The van der Waals surface area contributed by atoms with E-state index >= 15 is 0 Å². The van der Waals surface area contributed by atoms with E-state index < -0.39 is 0 Å².